The molecule has 3 aromatic rings. The highest BCUT2D eigenvalue weighted by molar-refractivity contribution is 7.89. The summed E-state index contributed by atoms with van der Waals surface area (Å²) in [5.41, 5.74) is 1.66. The zero-order valence-electron chi connectivity index (χ0n) is 23.3. The molecule has 1 N–H and O–H groups in total. The smallest absolute Gasteiger partial charge is 0.243 e. The molecule has 214 valence electrons. The van der Waals surface area contributed by atoms with E-state index in [1.54, 1.807) is 41.3 Å². The number of amides is 2. The molecule has 0 unspecified atom stereocenters. The molecule has 0 saturated heterocycles. The van der Waals surface area contributed by atoms with Gasteiger partial charge >= 0.3 is 0 Å². The van der Waals surface area contributed by atoms with Crippen LogP contribution < -0.4 is 5.32 Å². The van der Waals surface area contributed by atoms with E-state index >= 15 is 0 Å². The Morgan fingerprint density at radius 1 is 0.925 bits per heavy atom. The average Bonchev–Trinajstić information content (AvgIpc) is 2.96. The molecule has 3 rings (SSSR count). The van der Waals surface area contributed by atoms with Gasteiger partial charge in [0.2, 0.25) is 21.8 Å². The van der Waals surface area contributed by atoms with E-state index in [1.165, 1.54) is 11.4 Å². The van der Waals surface area contributed by atoms with Gasteiger partial charge in [-0.15, -0.1) is 0 Å². The number of carbonyl (C=O) groups is 2. The molecule has 0 aliphatic heterocycles. The van der Waals surface area contributed by atoms with E-state index < -0.39 is 16.1 Å². The van der Waals surface area contributed by atoms with Crippen LogP contribution in [0.5, 0.6) is 0 Å². The zero-order valence-corrected chi connectivity index (χ0v) is 24.9. The minimum atomic E-state index is -3.67. The van der Waals surface area contributed by atoms with Gasteiger partial charge in [-0.05, 0) is 49.1 Å². The topological polar surface area (TPSA) is 86.8 Å². The van der Waals surface area contributed by atoms with Crippen molar-refractivity contribution < 1.29 is 18.0 Å². The summed E-state index contributed by atoms with van der Waals surface area (Å²) in [5, 5.41) is 3.55. The minimum Gasteiger partial charge on any atom is -0.352 e. The summed E-state index contributed by atoms with van der Waals surface area (Å²) >= 11 is 6.47. The van der Waals surface area contributed by atoms with Crippen molar-refractivity contribution in [2.45, 2.75) is 63.1 Å². The first kappa shape index (κ1) is 31.3. The van der Waals surface area contributed by atoms with E-state index in [0.717, 1.165) is 17.5 Å². The summed E-state index contributed by atoms with van der Waals surface area (Å²) < 4.78 is 27.1. The largest absolute Gasteiger partial charge is 0.352 e. The maximum Gasteiger partial charge on any atom is 0.243 e. The van der Waals surface area contributed by atoms with Crippen LogP contribution in [0.15, 0.2) is 89.8 Å². The number of nitrogens with zero attached hydrogens (tertiary/aromatic N) is 2. The van der Waals surface area contributed by atoms with Crippen LogP contribution in [0.1, 0.15) is 44.2 Å². The Hall–Kier alpha value is -3.20. The Balaban J connectivity index is 1.84. The number of sulfonamides is 1. The van der Waals surface area contributed by atoms with Crippen LogP contribution in [0.25, 0.3) is 0 Å². The van der Waals surface area contributed by atoms with Crippen molar-refractivity contribution in [3.63, 3.8) is 0 Å². The molecule has 0 aliphatic carbocycles. The van der Waals surface area contributed by atoms with E-state index in [-0.39, 0.29) is 42.3 Å². The Kier molecular flexibility index (Phi) is 11.7. The second-order valence-electron chi connectivity index (χ2n) is 9.88. The third-order valence-electron chi connectivity index (χ3n) is 6.89. The van der Waals surface area contributed by atoms with Crippen LogP contribution >= 0.6 is 11.6 Å². The summed E-state index contributed by atoms with van der Waals surface area (Å²) in [4.78, 5) is 29.2. The highest BCUT2D eigenvalue weighted by atomic mass is 35.5. The molecule has 7 nitrogen and oxygen atoms in total. The highest BCUT2D eigenvalue weighted by Crippen LogP contribution is 2.22. The van der Waals surface area contributed by atoms with Crippen molar-refractivity contribution >= 4 is 33.4 Å². The molecule has 0 fully saturated rings. The number of benzene rings is 3. The number of hydrogen-bond acceptors (Lipinski definition) is 4. The van der Waals surface area contributed by atoms with Crippen molar-refractivity contribution in [1.29, 1.82) is 0 Å². The average molecular weight is 584 g/mol. The van der Waals surface area contributed by atoms with Crippen LogP contribution in [0.4, 0.5) is 0 Å². The molecule has 40 heavy (non-hydrogen) atoms. The predicted octanol–water partition coefficient (Wildman–Crippen LogP) is 5.30. The molecule has 0 aromatic heterocycles. The van der Waals surface area contributed by atoms with E-state index in [0.29, 0.717) is 17.9 Å². The summed E-state index contributed by atoms with van der Waals surface area (Å²) in [7, 11) is -2.17. The molecule has 0 radical (unpaired) electrons. The molecule has 0 spiro atoms. The first-order chi connectivity index (χ1) is 19.1. The van der Waals surface area contributed by atoms with Crippen LogP contribution in [0, 0.1) is 0 Å². The summed E-state index contributed by atoms with van der Waals surface area (Å²) in [6, 6.07) is 24.2. The predicted molar refractivity (Wildman–Crippen MR) is 159 cm³/mol. The van der Waals surface area contributed by atoms with Gasteiger partial charge in [0.15, 0.2) is 0 Å². The van der Waals surface area contributed by atoms with Gasteiger partial charge in [-0.2, -0.15) is 0 Å². The van der Waals surface area contributed by atoms with Crippen LogP contribution in [0.3, 0.4) is 0 Å². The summed E-state index contributed by atoms with van der Waals surface area (Å²) in [5.74, 6) is -0.479. The third-order valence-corrected chi connectivity index (χ3v) is 9.13. The molecule has 0 aliphatic rings. The maximum absolute atomic E-state index is 13.8. The standard InChI is InChI=1S/C31H38ClN3O4S/c1-4-24(2)33-31(37)29(22-25-14-7-5-8-15-25)35(23-26-16-11-12-19-28(26)32)30(36)20-13-21-34(3)40(38,39)27-17-9-6-10-18-27/h5-12,14-19,24,29H,4,13,20-23H2,1-3H3,(H,33,37)/t24-,29+/m1/s1. The molecule has 0 saturated carbocycles. The summed E-state index contributed by atoms with van der Waals surface area (Å²) in [6.45, 7) is 4.23. The van der Waals surface area contributed by atoms with E-state index in [9.17, 15) is 18.0 Å². The fraction of sp³-hybridized carbons (Fsp3) is 0.355. The van der Waals surface area contributed by atoms with Gasteiger partial charge in [-0.3, -0.25) is 9.59 Å². The number of halogens is 1. The molecule has 9 heteroatoms. The van der Waals surface area contributed by atoms with Crippen molar-refractivity contribution in [3.05, 3.63) is 101 Å². The maximum atomic E-state index is 13.8. The lowest BCUT2D eigenvalue weighted by atomic mass is 10.0. The first-order valence-electron chi connectivity index (χ1n) is 13.5. The van der Waals surface area contributed by atoms with Crippen molar-refractivity contribution in [1.82, 2.24) is 14.5 Å². The number of carbonyl (C=O) groups excluding carboxylic acids is 2. The molecule has 0 heterocycles. The van der Waals surface area contributed by atoms with Gasteiger partial charge < -0.3 is 10.2 Å². The van der Waals surface area contributed by atoms with Crippen molar-refractivity contribution in [3.8, 4) is 0 Å². The highest BCUT2D eigenvalue weighted by Gasteiger charge is 2.31. The minimum absolute atomic E-state index is 0.0557. The van der Waals surface area contributed by atoms with Crippen LogP contribution in [-0.2, 0) is 32.6 Å². The van der Waals surface area contributed by atoms with Gasteiger partial charge in [0.25, 0.3) is 0 Å². The molecule has 0 bridgehead atoms. The molecular formula is C31H38ClN3O4S. The zero-order chi connectivity index (χ0) is 29.1. The number of hydrogen-bond donors (Lipinski definition) is 1. The van der Waals surface area contributed by atoms with Crippen molar-refractivity contribution in [2.24, 2.45) is 0 Å². The Morgan fingerprint density at radius 2 is 1.52 bits per heavy atom. The van der Waals surface area contributed by atoms with Crippen molar-refractivity contribution in [2.75, 3.05) is 13.6 Å². The Labute approximate surface area is 243 Å². The van der Waals surface area contributed by atoms with Gasteiger partial charge in [0, 0.05) is 44.0 Å². The van der Waals surface area contributed by atoms with Gasteiger partial charge in [0.1, 0.15) is 6.04 Å². The normalized spacial score (nSPS) is 13.0. The van der Waals surface area contributed by atoms with Crippen LogP contribution in [0.2, 0.25) is 5.02 Å². The fourth-order valence-electron chi connectivity index (χ4n) is 4.29. The first-order valence-corrected chi connectivity index (χ1v) is 15.3. The van der Waals surface area contributed by atoms with Crippen LogP contribution in [-0.4, -0.2) is 55.1 Å². The summed E-state index contributed by atoms with van der Waals surface area (Å²) in [6.07, 6.45) is 1.46. The molecular weight excluding hydrogens is 546 g/mol. The van der Waals surface area contributed by atoms with Gasteiger partial charge in [0.05, 0.1) is 4.90 Å². The van der Waals surface area contributed by atoms with E-state index in [1.807, 2.05) is 62.4 Å². The fourth-order valence-corrected chi connectivity index (χ4v) is 5.72. The lowest BCUT2D eigenvalue weighted by Gasteiger charge is -2.32. The van der Waals surface area contributed by atoms with E-state index in [4.69, 9.17) is 11.6 Å². The Bertz CT molecular complexity index is 1350. The lowest BCUT2D eigenvalue weighted by Crippen LogP contribution is -2.52. The molecule has 3 aromatic carbocycles. The second-order valence-corrected chi connectivity index (χ2v) is 12.3. The number of rotatable bonds is 14. The second kappa shape index (κ2) is 15.0. The van der Waals surface area contributed by atoms with Gasteiger partial charge in [-0.1, -0.05) is 85.3 Å². The quantitative estimate of drug-likeness (QED) is 0.279. The monoisotopic (exact) mass is 583 g/mol. The number of nitrogens with one attached hydrogen (secondary N) is 1. The molecule has 2 atom stereocenters. The lowest BCUT2D eigenvalue weighted by molar-refractivity contribution is -0.141. The molecule has 2 amide bonds. The Morgan fingerprint density at radius 3 is 2.15 bits per heavy atom. The van der Waals surface area contributed by atoms with Gasteiger partial charge in [-0.25, -0.2) is 12.7 Å². The van der Waals surface area contributed by atoms with E-state index in [2.05, 4.69) is 5.32 Å². The third kappa shape index (κ3) is 8.65. The SMILES string of the molecule is CC[C@@H](C)NC(=O)[C@H](Cc1ccccc1)N(Cc1ccccc1Cl)C(=O)CCCN(C)S(=O)(=O)c1ccccc1.